The maximum Gasteiger partial charge on any atom is 0.225 e. The minimum absolute atomic E-state index is 0.136. The number of hydrogen-bond acceptors (Lipinski definition) is 8. The number of carbonyl (C=O) groups is 1. The molecule has 5 rings (SSSR count). The van der Waals surface area contributed by atoms with Crippen LogP contribution in [0.5, 0.6) is 11.5 Å². The Balaban J connectivity index is 1.28. The van der Waals surface area contributed by atoms with Gasteiger partial charge in [-0.2, -0.15) is 0 Å². The van der Waals surface area contributed by atoms with Gasteiger partial charge in [-0.1, -0.05) is 80.4 Å². The van der Waals surface area contributed by atoms with Crippen molar-refractivity contribution in [1.29, 1.82) is 0 Å². The second-order valence-corrected chi connectivity index (χ2v) is 14.4. The van der Waals surface area contributed by atoms with Crippen molar-refractivity contribution >= 4 is 23.5 Å². The number of methoxy groups -OCH3 is 2. The Hall–Kier alpha value is -5.02. The largest absolute Gasteiger partial charge is 0.497 e. The Morgan fingerprint density at radius 3 is 2.39 bits per heavy atom. The molecule has 1 unspecified atom stereocenters. The first kappa shape index (κ1) is 40.2. The number of carbonyl (C=O) groups excluding carboxylic acids is 1. The SMILES string of the molecule is CCCN(C)CCCCC1CCC(/C=C\c2ncnc(N)c2C(=NC)c2ccc(C(NC(=O)Cc3cc(OC)ccc3OC)c3ccccc3)cc2)CC1. The number of anilines is 1. The number of aliphatic imine (C=N–C) groups is 1. The molecule has 1 aliphatic carbocycles. The number of aromatic nitrogens is 2. The Kier molecular flexibility index (Phi) is 15.2. The lowest BCUT2D eigenvalue weighted by atomic mass is 9.79. The number of rotatable bonds is 18. The lowest BCUT2D eigenvalue weighted by Gasteiger charge is -2.27. The van der Waals surface area contributed by atoms with Crippen LogP contribution in [-0.2, 0) is 11.2 Å². The van der Waals surface area contributed by atoms with Crippen molar-refractivity contribution < 1.29 is 14.3 Å². The van der Waals surface area contributed by atoms with Gasteiger partial charge in [0.15, 0.2) is 0 Å². The number of nitrogen functional groups attached to an aromatic ring is 1. The number of unbranched alkanes of at least 4 members (excludes halogenated alkanes) is 1. The zero-order chi connectivity index (χ0) is 38.3. The van der Waals surface area contributed by atoms with Crippen LogP contribution in [0.25, 0.3) is 6.08 Å². The standard InChI is InChI=1S/C45H58N6O3/c1-6-27-51(3)28-11-10-12-32-15-17-33(18-16-32)19-25-39-42(45(46)49-31-48-39)44(47-2)36-22-20-35(21-23-36)43(34-13-8-7-9-14-34)50-41(52)30-37-29-38(53-4)24-26-40(37)54-5/h7-9,13-14,19-26,29,31-33,43H,6,10-12,15-18,27-28,30H2,1-5H3,(H,50,52)(H2,46,48,49)/b25-19-,47-44?. The summed E-state index contributed by atoms with van der Waals surface area (Å²) in [7, 11) is 7.21. The van der Waals surface area contributed by atoms with E-state index in [2.05, 4.69) is 46.3 Å². The van der Waals surface area contributed by atoms with Gasteiger partial charge >= 0.3 is 0 Å². The Bertz CT molecular complexity index is 1830. The van der Waals surface area contributed by atoms with E-state index >= 15 is 0 Å². The number of amides is 1. The van der Waals surface area contributed by atoms with E-state index in [0.29, 0.717) is 23.2 Å². The molecule has 3 N–H and O–H groups in total. The van der Waals surface area contributed by atoms with E-state index < -0.39 is 0 Å². The first-order valence-corrected chi connectivity index (χ1v) is 19.4. The molecule has 9 nitrogen and oxygen atoms in total. The van der Waals surface area contributed by atoms with Crippen LogP contribution in [0, 0.1) is 11.8 Å². The topological polar surface area (TPSA) is 115 Å². The molecule has 1 saturated carbocycles. The third-order valence-electron chi connectivity index (χ3n) is 10.6. The van der Waals surface area contributed by atoms with Crippen molar-refractivity contribution in [2.75, 3.05) is 47.1 Å². The molecule has 1 amide bonds. The number of nitrogens with two attached hydrogens (primary N) is 1. The summed E-state index contributed by atoms with van der Waals surface area (Å²) in [5, 5.41) is 3.25. The van der Waals surface area contributed by atoms with Gasteiger partial charge in [-0.05, 0) is 106 Å². The fourth-order valence-corrected chi connectivity index (χ4v) is 7.62. The molecule has 0 spiro atoms. The van der Waals surface area contributed by atoms with Gasteiger partial charge in [-0.15, -0.1) is 0 Å². The van der Waals surface area contributed by atoms with E-state index in [0.717, 1.165) is 45.1 Å². The second kappa shape index (κ2) is 20.4. The molecular formula is C45H58N6O3. The van der Waals surface area contributed by atoms with Gasteiger partial charge in [-0.25, -0.2) is 9.97 Å². The third-order valence-corrected chi connectivity index (χ3v) is 10.6. The number of allylic oxidation sites excluding steroid dienone is 1. The van der Waals surface area contributed by atoms with Crippen LogP contribution in [0.3, 0.4) is 0 Å². The number of benzene rings is 3. The number of ether oxygens (including phenoxy) is 2. The quantitative estimate of drug-likeness (QED) is 0.0782. The molecule has 286 valence electrons. The average Bonchev–Trinajstić information content (AvgIpc) is 3.20. The number of nitrogens with one attached hydrogen (secondary N) is 1. The average molecular weight is 731 g/mol. The van der Waals surface area contributed by atoms with Gasteiger partial charge in [0.2, 0.25) is 5.91 Å². The Morgan fingerprint density at radius 1 is 0.963 bits per heavy atom. The zero-order valence-corrected chi connectivity index (χ0v) is 32.8. The van der Waals surface area contributed by atoms with Crippen molar-refractivity contribution in [3.05, 3.63) is 119 Å². The summed E-state index contributed by atoms with van der Waals surface area (Å²) in [4.78, 5) is 29.7. The van der Waals surface area contributed by atoms with Crippen LogP contribution >= 0.6 is 0 Å². The molecule has 54 heavy (non-hydrogen) atoms. The third kappa shape index (κ3) is 11.0. The predicted molar refractivity (Wildman–Crippen MR) is 220 cm³/mol. The summed E-state index contributed by atoms with van der Waals surface area (Å²) in [6.07, 6.45) is 16.2. The van der Waals surface area contributed by atoms with Crippen molar-refractivity contribution in [3.63, 3.8) is 0 Å². The van der Waals surface area contributed by atoms with Crippen molar-refractivity contribution in [2.24, 2.45) is 16.8 Å². The van der Waals surface area contributed by atoms with E-state index in [1.54, 1.807) is 21.3 Å². The summed E-state index contributed by atoms with van der Waals surface area (Å²) < 4.78 is 10.9. The van der Waals surface area contributed by atoms with Crippen LogP contribution in [0.15, 0.2) is 90.2 Å². The fraction of sp³-hybridized carbons (Fsp3) is 0.422. The highest BCUT2D eigenvalue weighted by atomic mass is 16.5. The minimum Gasteiger partial charge on any atom is -0.497 e. The Labute approximate surface area is 322 Å². The lowest BCUT2D eigenvalue weighted by Crippen LogP contribution is -2.30. The molecule has 4 aromatic rings. The minimum atomic E-state index is -0.377. The first-order valence-electron chi connectivity index (χ1n) is 19.4. The van der Waals surface area contributed by atoms with Crippen LogP contribution in [0.1, 0.15) is 97.8 Å². The molecule has 1 aliphatic rings. The van der Waals surface area contributed by atoms with Crippen LogP contribution < -0.4 is 20.5 Å². The lowest BCUT2D eigenvalue weighted by molar-refractivity contribution is -0.121. The van der Waals surface area contributed by atoms with E-state index in [1.165, 1.54) is 70.8 Å². The van der Waals surface area contributed by atoms with Gasteiger partial charge in [0, 0.05) is 18.2 Å². The second-order valence-electron chi connectivity index (χ2n) is 14.4. The zero-order valence-electron chi connectivity index (χ0n) is 32.8. The van der Waals surface area contributed by atoms with Crippen molar-refractivity contribution in [2.45, 2.75) is 70.8 Å². The molecule has 0 radical (unpaired) electrons. The molecular weight excluding hydrogens is 673 g/mol. The van der Waals surface area contributed by atoms with Gasteiger partial charge in [-0.3, -0.25) is 9.79 Å². The van der Waals surface area contributed by atoms with E-state index in [1.807, 2.05) is 72.8 Å². The maximum absolute atomic E-state index is 13.5. The van der Waals surface area contributed by atoms with Crippen LogP contribution in [0.2, 0.25) is 0 Å². The summed E-state index contributed by atoms with van der Waals surface area (Å²) in [6.45, 7) is 4.64. The van der Waals surface area contributed by atoms with E-state index in [4.69, 9.17) is 20.2 Å². The maximum atomic E-state index is 13.5. The molecule has 0 aliphatic heterocycles. The molecule has 1 aromatic heterocycles. The summed E-state index contributed by atoms with van der Waals surface area (Å²) in [5.41, 5.74) is 12.3. The molecule has 1 atom stereocenters. The van der Waals surface area contributed by atoms with Crippen molar-refractivity contribution in [3.8, 4) is 11.5 Å². The van der Waals surface area contributed by atoms with Gasteiger partial charge in [0.1, 0.15) is 23.6 Å². The highest BCUT2D eigenvalue weighted by molar-refractivity contribution is 6.16. The van der Waals surface area contributed by atoms with Crippen LogP contribution in [-0.4, -0.2) is 67.9 Å². The summed E-state index contributed by atoms with van der Waals surface area (Å²) in [6, 6.07) is 23.2. The molecule has 0 saturated heterocycles. The van der Waals surface area contributed by atoms with Gasteiger partial charge in [0.25, 0.3) is 0 Å². The van der Waals surface area contributed by atoms with Crippen molar-refractivity contribution in [1.82, 2.24) is 20.2 Å². The molecule has 0 bridgehead atoms. The van der Waals surface area contributed by atoms with Crippen LogP contribution in [0.4, 0.5) is 5.82 Å². The number of hydrogen-bond donors (Lipinski definition) is 2. The summed E-state index contributed by atoms with van der Waals surface area (Å²) >= 11 is 0. The molecule has 3 aromatic carbocycles. The van der Waals surface area contributed by atoms with E-state index in [9.17, 15) is 4.79 Å². The smallest absolute Gasteiger partial charge is 0.225 e. The number of nitrogens with zero attached hydrogens (tertiary/aromatic N) is 4. The normalized spacial score (nSPS) is 16.7. The molecule has 9 heteroatoms. The highest BCUT2D eigenvalue weighted by Gasteiger charge is 2.22. The monoisotopic (exact) mass is 730 g/mol. The molecule has 1 heterocycles. The Morgan fingerprint density at radius 2 is 1.70 bits per heavy atom. The fourth-order valence-electron chi connectivity index (χ4n) is 7.62. The van der Waals surface area contributed by atoms with Gasteiger partial charge in [0.05, 0.1) is 43.7 Å². The van der Waals surface area contributed by atoms with E-state index in [-0.39, 0.29) is 18.4 Å². The highest BCUT2D eigenvalue weighted by Crippen LogP contribution is 2.34. The summed E-state index contributed by atoms with van der Waals surface area (Å²) in [5.74, 6) is 2.92. The predicted octanol–water partition coefficient (Wildman–Crippen LogP) is 8.32. The first-order chi connectivity index (χ1) is 26.3. The van der Waals surface area contributed by atoms with Gasteiger partial charge < -0.3 is 25.4 Å². The molecule has 1 fully saturated rings.